The molecule has 0 atom stereocenters. The monoisotopic (exact) mass is 404 g/mol. The number of benzene rings is 2. The summed E-state index contributed by atoms with van der Waals surface area (Å²) in [4.78, 5) is 23.9. The molecule has 2 N–H and O–H groups in total. The van der Waals surface area contributed by atoms with E-state index in [2.05, 4.69) is 26.6 Å². The number of anilines is 1. The first-order chi connectivity index (χ1) is 11.8. The molecule has 0 saturated carbocycles. The summed E-state index contributed by atoms with van der Waals surface area (Å²) in [6, 6.07) is 12.5. The minimum atomic E-state index is -0.271. The fraction of sp³-hybridized carbons (Fsp3) is 0.263. The van der Waals surface area contributed by atoms with Gasteiger partial charge in [-0.05, 0) is 78.7 Å². The van der Waals surface area contributed by atoms with Gasteiger partial charge in [0, 0.05) is 17.3 Å². The highest BCUT2D eigenvalue weighted by Crippen LogP contribution is 2.25. The second-order valence-corrected chi connectivity index (χ2v) is 6.83. The third-order valence-electron chi connectivity index (χ3n) is 3.30. The molecule has 0 aliphatic carbocycles. The van der Waals surface area contributed by atoms with Crippen molar-refractivity contribution in [3.8, 4) is 5.75 Å². The first kappa shape index (κ1) is 19.0. The maximum absolute atomic E-state index is 12.0. The maximum Gasteiger partial charge on any atom is 0.262 e. The summed E-state index contributed by atoms with van der Waals surface area (Å²) in [7, 11) is 0. The number of nitrogens with one attached hydrogen (secondary N) is 2. The summed E-state index contributed by atoms with van der Waals surface area (Å²) in [5.74, 6) is 0.203. The number of hydrogen-bond acceptors (Lipinski definition) is 3. The summed E-state index contributed by atoms with van der Waals surface area (Å²) in [6.45, 7) is 5.68. The molecule has 0 aromatic heterocycles. The van der Waals surface area contributed by atoms with Crippen LogP contribution in [0.2, 0.25) is 0 Å². The summed E-state index contributed by atoms with van der Waals surface area (Å²) < 4.78 is 6.31. The Morgan fingerprint density at radius 3 is 2.40 bits per heavy atom. The Morgan fingerprint density at radius 2 is 1.80 bits per heavy atom. The molecule has 0 radical (unpaired) electrons. The third kappa shape index (κ3) is 5.90. The minimum absolute atomic E-state index is 0.0742. The average molecular weight is 405 g/mol. The van der Waals surface area contributed by atoms with Gasteiger partial charge in [0.25, 0.3) is 11.8 Å². The molecule has 2 aromatic carbocycles. The highest BCUT2D eigenvalue weighted by Gasteiger charge is 2.09. The highest BCUT2D eigenvalue weighted by atomic mass is 79.9. The molecule has 2 aromatic rings. The molecule has 0 saturated heterocycles. The van der Waals surface area contributed by atoms with Gasteiger partial charge in [0.05, 0.1) is 4.47 Å². The predicted molar refractivity (Wildman–Crippen MR) is 102 cm³/mol. The van der Waals surface area contributed by atoms with Gasteiger partial charge in [-0.1, -0.05) is 6.07 Å². The van der Waals surface area contributed by atoms with Crippen molar-refractivity contribution >= 4 is 33.4 Å². The molecule has 0 bridgehead atoms. The molecule has 0 heterocycles. The van der Waals surface area contributed by atoms with Gasteiger partial charge in [0.1, 0.15) is 5.75 Å². The summed E-state index contributed by atoms with van der Waals surface area (Å²) in [5, 5.41) is 5.56. The molecular formula is C19H21BrN2O3. The quantitative estimate of drug-likeness (QED) is 0.766. The van der Waals surface area contributed by atoms with Gasteiger partial charge < -0.3 is 15.4 Å². The van der Waals surface area contributed by atoms with Crippen LogP contribution in [-0.4, -0.2) is 24.5 Å². The van der Waals surface area contributed by atoms with Crippen molar-refractivity contribution in [2.45, 2.75) is 26.8 Å². The van der Waals surface area contributed by atoms with E-state index in [1.54, 1.807) is 24.3 Å². The number of rotatable bonds is 6. The highest BCUT2D eigenvalue weighted by molar-refractivity contribution is 9.10. The summed E-state index contributed by atoms with van der Waals surface area (Å²) >= 11 is 3.41. The Bertz CT molecular complexity index is 758. The van der Waals surface area contributed by atoms with E-state index in [1.165, 1.54) is 0 Å². The van der Waals surface area contributed by atoms with Crippen LogP contribution in [0.1, 0.15) is 29.8 Å². The minimum Gasteiger partial charge on any atom is -0.483 e. The lowest BCUT2D eigenvalue weighted by molar-refractivity contribution is -0.118. The molecule has 0 fully saturated rings. The van der Waals surface area contributed by atoms with Crippen molar-refractivity contribution in [2.24, 2.45) is 0 Å². The van der Waals surface area contributed by atoms with Crippen molar-refractivity contribution in [1.29, 1.82) is 0 Å². The molecule has 0 aliphatic heterocycles. The molecule has 5 nitrogen and oxygen atoms in total. The van der Waals surface area contributed by atoms with Crippen molar-refractivity contribution in [2.75, 3.05) is 11.9 Å². The van der Waals surface area contributed by atoms with Crippen LogP contribution in [0.4, 0.5) is 5.69 Å². The summed E-state index contributed by atoms with van der Waals surface area (Å²) in [5.41, 5.74) is 2.26. The van der Waals surface area contributed by atoms with E-state index in [4.69, 9.17) is 4.74 Å². The molecule has 6 heteroatoms. The Labute approximate surface area is 155 Å². The van der Waals surface area contributed by atoms with Crippen molar-refractivity contribution in [3.63, 3.8) is 0 Å². The second kappa shape index (κ2) is 8.67. The number of halogens is 1. The van der Waals surface area contributed by atoms with Crippen molar-refractivity contribution < 1.29 is 14.3 Å². The first-order valence-electron chi connectivity index (χ1n) is 7.95. The zero-order chi connectivity index (χ0) is 18.4. The zero-order valence-corrected chi connectivity index (χ0v) is 16.0. The lowest BCUT2D eigenvalue weighted by Gasteiger charge is -2.11. The van der Waals surface area contributed by atoms with E-state index in [0.29, 0.717) is 17.0 Å². The average Bonchev–Trinajstić information content (AvgIpc) is 2.54. The lowest BCUT2D eigenvalue weighted by atomic mass is 10.2. The first-order valence-corrected chi connectivity index (χ1v) is 8.74. The Kier molecular flexibility index (Phi) is 6.58. The van der Waals surface area contributed by atoms with Crippen LogP contribution in [0.3, 0.4) is 0 Å². The summed E-state index contributed by atoms with van der Waals surface area (Å²) in [6.07, 6.45) is 0. The van der Waals surface area contributed by atoms with Gasteiger partial charge in [-0.3, -0.25) is 9.59 Å². The van der Waals surface area contributed by atoms with Crippen LogP contribution >= 0.6 is 15.9 Å². The van der Waals surface area contributed by atoms with E-state index >= 15 is 0 Å². The van der Waals surface area contributed by atoms with Crippen molar-refractivity contribution in [3.05, 3.63) is 58.1 Å². The van der Waals surface area contributed by atoms with Crippen LogP contribution in [0.5, 0.6) is 5.75 Å². The number of aryl methyl sites for hydroxylation is 1. The number of carbonyl (C=O) groups is 2. The lowest BCUT2D eigenvalue weighted by Crippen LogP contribution is -2.30. The van der Waals surface area contributed by atoms with E-state index in [-0.39, 0.29) is 24.5 Å². The molecule has 2 amide bonds. The smallest absolute Gasteiger partial charge is 0.262 e. The number of amides is 2. The SMILES string of the molecule is Cc1ccc(OCC(=O)Nc2ccc(C(=O)NC(C)C)cc2)c(Br)c1. The molecular weight excluding hydrogens is 384 g/mol. The van der Waals surface area contributed by atoms with Gasteiger partial charge in [0.15, 0.2) is 6.61 Å². The molecule has 25 heavy (non-hydrogen) atoms. The van der Waals surface area contributed by atoms with Gasteiger partial charge in [0.2, 0.25) is 0 Å². The Balaban J connectivity index is 1.89. The van der Waals surface area contributed by atoms with Crippen LogP contribution < -0.4 is 15.4 Å². The van der Waals surface area contributed by atoms with Crippen LogP contribution in [0.25, 0.3) is 0 Å². The molecule has 132 valence electrons. The third-order valence-corrected chi connectivity index (χ3v) is 3.92. The van der Waals surface area contributed by atoms with Crippen LogP contribution in [0.15, 0.2) is 46.9 Å². The number of carbonyl (C=O) groups excluding carboxylic acids is 2. The van der Waals surface area contributed by atoms with Crippen molar-refractivity contribution in [1.82, 2.24) is 5.32 Å². The normalized spacial score (nSPS) is 10.4. The topological polar surface area (TPSA) is 67.4 Å². The maximum atomic E-state index is 12.0. The van der Waals surface area contributed by atoms with E-state index in [9.17, 15) is 9.59 Å². The van der Waals surface area contributed by atoms with Gasteiger partial charge in [-0.2, -0.15) is 0 Å². The van der Waals surface area contributed by atoms with E-state index in [0.717, 1.165) is 10.0 Å². The standard InChI is InChI=1S/C19H21BrN2O3/c1-12(2)21-19(24)14-5-7-15(8-6-14)22-18(23)11-25-17-9-4-13(3)10-16(17)20/h4-10,12H,11H2,1-3H3,(H,21,24)(H,22,23). The number of hydrogen-bond donors (Lipinski definition) is 2. The van der Waals surface area contributed by atoms with E-state index < -0.39 is 0 Å². The van der Waals surface area contributed by atoms with Crippen LogP contribution in [0, 0.1) is 6.92 Å². The molecule has 0 spiro atoms. The number of ether oxygens (including phenoxy) is 1. The van der Waals surface area contributed by atoms with Gasteiger partial charge in [-0.25, -0.2) is 0 Å². The van der Waals surface area contributed by atoms with Gasteiger partial charge >= 0.3 is 0 Å². The zero-order valence-electron chi connectivity index (χ0n) is 14.4. The molecule has 2 rings (SSSR count). The molecule has 0 unspecified atom stereocenters. The van der Waals surface area contributed by atoms with E-state index in [1.807, 2.05) is 39.0 Å². The van der Waals surface area contributed by atoms with Gasteiger partial charge in [-0.15, -0.1) is 0 Å². The second-order valence-electron chi connectivity index (χ2n) is 5.98. The Morgan fingerprint density at radius 1 is 1.12 bits per heavy atom. The largest absolute Gasteiger partial charge is 0.483 e. The molecule has 0 aliphatic rings. The fourth-order valence-electron chi connectivity index (χ4n) is 2.11. The fourth-order valence-corrected chi connectivity index (χ4v) is 2.72. The van der Waals surface area contributed by atoms with Crippen LogP contribution in [-0.2, 0) is 4.79 Å². The Hall–Kier alpha value is -2.34. The predicted octanol–water partition coefficient (Wildman–Crippen LogP) is 3.91.